The quantitative estimate of drug-likeness (QED) is 0.424. The maximum atomic E-state index is 2.60. The van der Waals surface area contributed by atoms with Gasteiger partial charge in [0.1, 0.15) is 0 Å². The van der Waals surface area contributed by atoms with Crippen LogP contribution in [0.25, 0.3) is 6.08 Å². The van der Waals surface area contributed by atoms with Crippen LogP contribution in [0.4, 0.5) is 0 Å². The van der Waals surface area contributed by atoms with Gasteiger partial charge in [-0.1, -0.05) is 114 Å². The Bertz CT molecular complexity index is 712. The number of hydrogen-bond donors (Lipinski definition) is 0. The molecule has 3 aliphatic carbocycles. The molecule has 150 valence electrons. The molecule has 0 N–H and O–H groups in total. The molecule has 2 saturated carbocycles. The van der Waals surface area contributed by atoms with E-state index >= 15 is 0 Å². The normalized spacial score (nSPS) is 24.2. The van der Waals surface area contributed by atoms with Crippen LogP contribution in [-0.4, -0.2) is 10.8 Å². The molecule has 0 aromatic heterocycles. The van der Waals surface area contributed by atoms with Crippen LogP contribution in [0.3, 0.4) is 0 Å². The molecular weight excluding hydrogens is 355 g/mol. The lowest BCUT2D eigenvalue weighted by Crippen LogP contribution is -2.36. The highest BCUT2D eigenvalue weighted by Gasteiger charge is 2.46. The van der Waals surface area contributed by atoms with E-state index in [1.807, 2.05) is 0 Å². The molecule has 1 atom stereocenters. The topological polar surface area (TPSA) is 0 Å². The third kappa shape index (κ3) is 4.23. The average molecular weight is 393 g/mol. The maximum Gasteiger partial charge on any atom is 0.0159 e. The number of benzene rings is 1. The Kier molecular flexibility index (Phi) is 6.90. The van der Waals surface area contributed by atoms with E-state index in [9.17, 15) is 0 Å². The first-order chi connectivity index (χ1) is 13.8. The lowest BCUT2D eigenvalue weighted by Gasteiger charge is -2.50. The summed E-state index contributed by atoms with van der Waals surface area (Å²) in [5.41, 5.74) is 4.14. The molecule has 1 heteroatoms. The van der Waals surface area contributed by atoms with E-state index in [1.165, 1.54) is 82.6 Å². The molecule has 0 bridgehead atoms. The first kappa shape index (κ1) is 20.2. The monoisotopic (exact) mass is 392 g/mol. The molecule has 4 rings (SSSR count). The summed E-state index contributed by atoms with van der Waals surface area (Å²) in [6.07, 6.45) is 26.8. The van der Waals surface area contributed by atoms with Crippen LogP contribution in [0.5, 0.6) is 0 Å². The second-order valence-electron chi connectivity index (χ2n) is 8.98. The van der Waals surface area contributed by atoms with Gasteiger partial charge in [0.2, 0.25) is 0 Å². The minimum atomic E-state index is -0.127. The van der Waals surface area contributed by atoms with Crippen molar-refractivity contribution < 1.29 is 0 Å². The molecule has 2 fully saturated rings. The Labute approximate surface area is 174 Å². The molecule has 0 radical (unpaired) electrons. The minimum absolute atomic E-state index is 0.127. The highest BCUT2D eigenvalue weighted by Crippen LogP contribution is 2.71. The second-order valence-corrected chi connectivity index (χ2v) is 11.9. The maximum absolute atomic E-state index is 2.60. The SMILES string of the molecule is CCC(=Cc1ccccc1)P(C1CCCCC1)C1(C2=CC=CC2)CCCCC1. The summed E-state index contributed by atoms with van der Waals surface area (Å²) in [4.78, 5) is 0. The first-order valence-electron chi connectivity index (χ1n) is 11.7. The Balaban J connectivity index is 1.78. The van der Waals surface area contributed by atoms with Gasteiger partial charge in [-0.05, 0) is 55.1 Å². The second kappa shape index (κ2) is 9.58. The van der Waals surface area contributed by atoms with Crippen LogP contribution in [0.2, 0.25) is 0 Å². The van der Waals surface area contributed by atoms with Crippen LogP contribution in [0.15, 0.2) is 59.4 Å². The Hall–Kier alpha value is -1.13. The van der Waals surface area contributed by atoms with E-state index < -0.39 is 0 Å². The summed E-state index contributed by atoms with van der Waals surface area (Å²) in [6.45, 7) is 2.42. The van der Waals surface area contributed by atoms with Gasteiger partial charge in [0.15, 0.2) is 0 Å². The van der Waals surface area contributed by atoms with E-state index in [0.717, 1.165) is 5.66 Å². The summed E-state index contributed by atoms with van der Waals surface area (Å²) in [6, 6.07) is 11.1. The fraction of sp³-hybridized carbons (Fsp3) is 0.556. The van der Waals surface area contributed by atoms with Gasteiger partial charge in [-0.3, -0.25) is 0 Å². The molecule has 0 saturated heterocycles. The molecule has 0 aliphatic heterocycles. The van der Waals surface area contributed by atoms with Crippen molar-refractivity contribution in [3.8, 4) is 0 Å². The highest BCUT2D eigenvalue weighted by atomic mass is 31.1. The molecule has 0 amide bonds. The standard InChI is InChI=1S/C27H37P/c1-2-25(22-23-14-6-3-7-15-23)28(26-18-8-4-9-19-26)27(20-12-5-13-21-27)24-16-10-11-17-24/h3,6-7,10-11,14-16,22,26H,2,4-5,8-9,12-13,17-21H2,1H3. The molecule has 1 aromatic carbocycles. The van der Waals surface area contributed by atoms with Crippen LogP contribution >= 0.6 is 7.92 Å². The fourth-order valence-electron chi connectivity index (χ4n) is 5.93. The van der Waals surface area contributed by atoms with Crippen molar-refractivity contribution in [1.29, 1.82) is 0 Å². The molecule has 0 spiro atoms. The third-order valence-corrected chi connectivity index (χ3v) is 11.2. The zero-order valence-electron chi connectivity index (χ0n) is 17.7. The number of rotatable bonds is 6. The van der Waals surface area contributed by atoms with E-state index in [2.05, 4.69) is 61.6 Å². The lowest BCUT2D eigenvalue weighted by atomic mass is 9.82. The summed E-state index contributed by atoms with van der Waals surface area (Å²) >= 11 is 0. The smallest absolute Gasteiger partial charge is 0.0159 e. The van der Waals surface area contributed by atoms with Crippen molar-refractivity contribution in [2.24, 2.45) is 0 Å². The van der Waals surface area contributed by atoms with Crippen molar-refractivity contribution in [3.63, 3.8) is 0 Å². The van der Waals surface area contributed by atoms with Crippen LogP contribution < -0.4 is 0 Å². The fourth-order valence-corrected chi connectivity index (χ4v) is 10.4. The van der Waals surface area contributed by atoms with Crippen LogP contribution in [-0.2, 0) is 0 Å². The largest absolute Gasteiger partial charge is 0.0804 e. The van der Waals surface area contributed by atoms with Crippen LogP contribution in [0, 0.1) is 0 Å². The van der Waals surface area contributed by atoms with E-state index in [1.54, 1.807) is 10.9 Å². The number of hydrogen-bond acceptors (Lipinski definition) is 0. The zero-order chi connectivity index (χ0) is 19.2. The molecule has 3 aliphatic rings. The molecule has 1 unspecified atom stereocenters. The van der Waals surface area contributed by atoms with E-state index in [0.29, 0.717) is 5.16 Å². The van der Waals surface area contributed by atoms with Gasteiger partial charge in [-0.2, -0.15) is 0 Å². The van der Waals surface area contributed by atoms with Gasteiger partial charge in [-0.25, -0.2) is 0 Å². The first-order valence-corrected chi connectivity index (χ1v) is 13.2. The van der Waals surface area contributed by atoms with Crippen molar-refractivity contribution in [2.45, 2.75) is 94.8 Å². The Morgan fingerprint density at radius 2 is 1.71 bits per heavy atom. The highest BCUT2D eigenvalue weighted by molar-refractivity contribution is 7.64. The molecule has 1 aromatic rings. The Morgan fingerprint density at radius 1 is 1.00 bits per heavy atom. The predicted molar refractivity (Wildman–Crippen MR) is 126 cm³/mol. The summed E-state index contributed by atoms with van der Waals surface area (Å²) < 4.78 is 0. The van der Waals surface area contributed by atoms with Gasteiger partial charge >= 0.3 is 0 Å². The summed E-state index contributed by atoms with van der Waals surface area (Å²) in [7, 11) is -0.127. The van der Waals surface area contributed by atoms with Gasteiger partial charge in [0.25, 0.3) is 0 Å². The van der Waals surface area contributed by atoms with Gasteiger partial charge in [0, 0.05) is 5.16 Å². The Morgan fingerprint density at radius 3 is 2.36 bits per heavy atom. The van der Waals surface area contributed by atoms with Gasteiger partial charge in [0.05, 0.1) is 0 Å². The summed E-state index contributed by atoms with van der Waals surface area (Å²) in [5, 5.41) is 2.28. The minimum Gasteiger partial charge on any atom is -0.0804 e. The third-order valence-electron chi connectivity index (χ3n) is 7.26. The average Bonchev–Trinajstić information content (AvgIpc) is 3.31. The lowest BCUT2D eigenvalue weighted by molar-refractivity contribution is 0.419. The van der Waals surface area contributed by atoms with Gasteiger partial charge < -0.3 is 0 Å². The van der Waals surface area contributed by atoms with Crippen molar-refractivity contribution >= 4 is 14.0 Å². The van der Waals surface area contributed by atoms with E-state index in [-0.39, 0.29) is 7.92 Å². The predicted octanol–water partition coefficient (Wildman–Crippen LogP) is 8.84. The van der Waals surface area contributed by atoms with Crippen molar-refractivity contribution in [2.75, 3.05) is 0 Å². The number of allylic oxidation sites excluding steroid dienone is 5. The van der Waals surface area contributed by atoms with Crippen molar-refractivity contribution in [3.05, 3.63) is 65.0 Å². The molecule has 28 heavy (non-hydrogen) atoms. The van der Waals surface area contributed by atoms with Gasteiger partial charge in [-0.15, -0.1) is 0 Å². The summed E-state index contributed by atoms with van der Waals surface area (Å²) in [5.74, 6) is 0. The zero-order valence-corrected chi connectivity index (χ0v) is 18.6. The molecule has 0 nitrogen and oxygen atoms in total. The van der Waals surface area contributed by atoms with Crippen LogP contribution in [0.1, 0.15) is 89.5 Å². The molecule has 0 heterocycles. The molecular formula is C27H37P. The van der Waals surface area contributed by atoms with E-state index in [4.69, 9.17) is 0 Å². The van der Waals surface area contributed by atoms with Crippen molar-refractivity contribution in [1.82, 2.24) is 0 Å².